The molecule has 1 fully saturated rings. The minimum absolute atomic E-state index is 0.616. The largest absolute Gasteiger partial charge is 0.317 e. The fourth-order valence-electron chi connectivity index (χ4n) is 2.61. The molecule has 3 heterocycles. The number of nitrogens with zero attached hydrogens (tertiary/aromatic N) is 2. The van der Waals surface area contributed by atoms with Crippen molar-refractivity contribution in [2.75, 3.05) is 13.1 Å². The molecule has 3 rings (SSSR count). The van der Waals surface area contributed by atoms with Gasteiger partial charge in [-0.2, -0.15) is 0 Å². The van der Waals surface area contributed by atoms with E-state index in [1.54, 1.807) is 0 Å². The van der Waals surface area contributed by atoms with Gasteiger partial charge in [0, 0.05) is 11.6 Å². The van der Waals surface area contributed by atoms with Crippen LogP contribution in [0.25, 0.3) is 5.52 Å². The highest BCUT2D eigenvalue weighted by molar-refractivity contribution is 5.47. The molecular weight excluding hydrogens is 198 g/mol. The fraction of sp³-hybridized carbons (Fsp3) is 0.462. The number of pyridine rings is 1. The number of fused-ring (bicyclic) bond motifs is 1. The molecule has 16 heavy (non-hydrogen) atoms. The number of piperidine rings is 1. The van der Waals surface area contributed by atoms with Crippen LogP contribution >= 0.6 is 0 Å². The first-order chi connectivity index (χ1) is 7.86. The predicted octanol–water partition coefficient (Wildman–Crippen LogP) is 2.11. The quantitative estimate of drug-likeness (QED) is 0.789. The summed E-state index contributed by atoms with van der Waals surface area (Å²) in [6, 6.07) is 6.38. The van der Waals surface area contributed by atoms with Crippen LogP contribution in [0.4, 0.5) is 0 Å². The summed E-state index contributed by atoms with van der Waals surface area (Å²) in [4.78, 5) is 4.62. The number of hydrogen-bond donors (Lipinski definition) is 1. The maximum Gasteiger partial charge on any atom is 0.116 e. The van der Waals surface area contributed by atoms with E-state index in [9.17, 15) is 0 Å². The Balaban J connectivity index is 2.09. The van der Waals surface area contributed by atoms with Crippen molar-refractivity contribution in [2.45, 2.75) is 25.7 Å². The van der Waals surface area contributed by atoms with E-state index in [1.165, 1.54) is 29.9 Å². The van der Waals surface area contributed by atoms with Crippen LogP contribution in [0.1, 0.15) is 30.3 Å². The highest BCUT2D eigenvalue weighted by Gasteiger charge is 2.19. The fourth-order valence-corrected chi connectivity index (χ4v) is 2.61. The average Bonchev–Trinajstić information content (AvgIpc) is 2.75. The first-order valence-electron chi connectivity index (χ1n) is 6.00. The van der Waals surface area contributed by atoms with Gasteiger partial charge in [-0.1, -0.05) is 6.07 Å². The Morgan fingerprint density at radius 2 is 2.12 bits per heavy atom. The second-order valence-corrected chi connectivity index (χ2v) is 4.57. The van der Waals surface area contributed by atoms with E-state index in [4.69, 9.17) is 0 Å². The molecule has 2 aromatic rings. The summed E-state index contributed by atoms with van der Waals surface area (Å²) < 4.78 is 2.30. The Kier molecular flexibility index (Phi) is 2.40. The molecule has 0 aliphatic carbocycles. The highest BCUT2D eigenvalue weighted by atomic mass is 15.0. The Bertz CT molecular complexity index is 495. The van der Waals surface area contributed by atoms with Gasteiger partial charge in [0.05, 0.1) is 11.7 Å². The topological polar surface area (TPSA) is 29.3 Å². The van der Waals surface area contributed by atoms with Gasteiger partial charge in [0.2, 0.25) is 0 Å². The summed E-state index contributed by atoms with van der Waals surface area (Å²) in [5, 5.41) is 3.40. The van der Waals surface area contributed by atoms with Crippen LogP contribution in [0.2, 0.25) is 0 Å². The smallest absolute Gasteiger partial charge is 0.116 e. The zero-order chi connectivity index (χ0) is 11.0. The summed E-state index contributed by atoms with van der Waals surface area (Å²) >= 11 is 0. The molecule has 0 unspecified atom stereocenters. The van der Waals surface area contributed by atoms with Crippen LogP contribution in [-0.4, -0.2) is 22.5 Å². The van der Waals surface area contributed by atoms with E-state index >= 15 is 0 Å². The Labute approximate surface area is 95.5 Å². The normalized spacial score (nSPS) is 18.1. The van der Waals surface area contributed by atoms with Crippen LogP contribution in [0.15, 0.2) is 24.4 Å². The van der Waals surface area contributed by atoms with E-state index in [2.05, 4.69) is 39.8 Å². The summed E-state index contributed by atoms with van der Waals surface area (Å²) in [6.45, 7) is 4.39. The van der Waals surface area contributed by atoms with Gasteiger partial charge in [-0.15, -0.1) is 0 Å². The second kappa shape index (κ2) is 3.91. The lowest BCUT2D eigenvalue weighted by atomic mass is 9.97. The minimum atomic E-state index is 0.616. The molecule has 3 nitrogen and oxygen atoms in total. The molecule has 1 aliphatic heterocycles. The summed E-state index contributed by atoms with van der Waals surface area (Å²) in [5.41, 5.74) is 2.50. The molecule has 0 spiro atoms. The third-order valence-corrected chi connectivity index (χ3v) is 3.48. The number of aromatic nitrogens is 2. The first kappa shape index (κ1) is 9.85. The van der Waals surface area contributed by atoms with E-state index in [1.807, 2.05) is 6.20 Å². The average molecular weight is 215 g/mol. The van der Waals surface area contributed by atoms with Crippen molar-refractivity contribution >= 4 is 5.52 Å². The lowest BCUT2D eigenvalue weighted by Gasteiger charge is -2.22. The molecule has 3 heteroatoms. The van der Waals surface area contributed by atoms with Crippen LogP contribution < -0.4 is 5.32 Å². The second-order valence-electron chi connectivity index (χ2n) is 4.57. The van der Waals surface area contributed by atoms with Crippen molar-refractivity contribution in [3.8, 4) is 0 Å². The number of hydrogen-bond acceptors (Lipinski definition) is 2. The van der Waals surface area contributed by atoms with Gasteiger partial charge in [-0.25, -0.2) is 4.98 Å². The van der Waals surface area contributed by atoms with Gasteiger partial charge in [0.1, 0.15) is 5.82 Å². The van der Waals surface area contributed by atoms with E-state index in [-0.39, 0.29) is 0 Å². The van der Waals surface area contributed by atoms with E-state index in [0.29, 0.717) is 5.92 Å². The van der Waals surface area contributed by atoms with Crippen molar-refractivity contribution in [1.82, 2.24) is 14.7 Å². The molecular formula is C13H17N3. The van der Waals surface area contributed by atoms with Crippen molar-refractivity contribution in [3.63, 3.8) is 0 Å². The lowest BCUT2D eigenvalue weighted by Crippen LogP contribution is -2.27. The van der Waals surface area contributed by atoms with Crippen molar-refractivity contribution < 1.29 is 0 Å². The zero-order valence-corrected chi connectivity index (χ0v) is 9.61. The number of aryl methyl sites for hydroxylation is 1. The number of rotatable bonds is 1. The number of imidazole rings is 1. The van der Waals surface area contributed by atoms with Gasteiger partial charge in [-0.3, -0.25) is 0 Å². The molecule has 0 radical (unpaired) electrons. The Morgan fingerprint density at radius 1 is 1.31 bits per heavy atom. The van der Waals surface area contributed by atoms with Crippen molar-refractivity contribution in [2.24, 2.45) is 0 Å². The van der Waals surface area contributed by atoms with Gasteiger partial charge < -0.3 is 9.72 Å². The molecule has 2 aromatic heterocycles. The van der Waals surface area contributed by atoms with E-state index in [0.717, 1.165) is 13.1 Å². The predicted molar refractivity (Wildman–Crippen MR) is 64.8 cm³/mol. The first-order valence-corrected chi connectivity index (χ1v) is 6.00. The summed E-state index contributed by atoms with van der Waals surface area (Å²) in [6.07, 6.45) is 4.39. The zero-order valence-electron chi connectivity index (χ0n) is 9.61. The summed E-state index contributed by atoms with van der Waals surface area (Å²) in [5.74, 6) is 1.86. The van der Waals surface area contributed by atoms with Gasteiger partial charge in [-0.05, 0) is 45.0 Å². The third-order valence-electron chi connectivity index (χ3n) is 3.48. The molecule has 0 bridgehead atoms. The Morgan fingerprint density at radius 3 is 2.94 bits per heavy atom. The number of nitrogens with one attached hydrogen (secondary N) is 1. The monoisotopic (exact) mass is 215 g/mol. The molecule has 0 amide bonds. The molecule has 1 aliphatic rings. The maximum atomic E-state index is 4.62. The molecule has 0 aromatic carbocycles. The minimum Gasteiger partial charge on any atom is -0.317 e. The third kappa shape index (κ3) is 1.52. The molecule has 0 saturated carbocycles. The van der Waals surface area contributed by atoms with Gasteiger partial charge in [0.15, 0.2) is 0 Å². The maximum absolute atomic E-state index is 4.62. The van der Waals surface area contributed by atoms with Crippen molar-refractivity contribution in [1.29, 1.82) is 0 Å². The SMILES string of the molecule is Cc1cccc2cnc(C3CCNCC3)n12. The van der Waals surface area contributed by atoms with E-state index < -0.39 is 0 Å². The molecule has 1 saturated heterocycles. The summed E-state index contributed by atoms with van der Waals surface area (Å²) in [7, 11) is 0. The molecule has 0 atom stereocenters. The lowest BCUT2D eigenvalue weighted by molar-refractivity contribution is 0.443. The van der Waals surface area contributed by atoms with Crippen LogP contribution in [0.5, 0.6) is 0 Å². The molecule has 84 valence electrons. The molecule has 1 N–H and O–H groups in total. The van der Waals surface area contributed by atoms with Gasteiger partial charge in [0.25, 0.3) is 0 Å². The van der Waals surface area contributed by atoms with Crippen LogP contribution in [0, 0.1) is 6.92 Å². The van der Waals surface area contributed by atoms with Crippen LogP contribution in [0.3, 0.4) is 0 Å². The van der Waals surface area contributed by atoms with Gasteiger partial charge >= 0.3 is 0 Å². The van der Waals surface area contributed by atoms with Crippen molar-refractivity contribution in [3.05, 3.63) is 35.9 Å². The Hall–Kier alpha value is -1.35. The standard InChI is InChI=1S/C13H17N3/c1-10-3-2-4-12-9-15-13(16(10)12)11-5-7-14-8-6-11/h2-4,9,11,14H,5-8H2,1H3. The highest BCUT2D eigenvalue weighted by Crippen LogP contribution is 2.25. The van der Waals surface area contributed by atoms with Crippen LogP contribution in [-0.2, 0) is 0 Å².